The molecule has 3 heterocycles. The second-order valence-corrected chi connectivity index (χ2v) is 10.5. The lowest BCUT2D eigenvalue weighted by Crippen LogP contribution is -2.26. The van der Waals surface area contributed by atoms with E-state index in [-0.39, 0.29) is 4.90 Å². The number of rotatable bonds is 8. The number of anilines is 3. The Bertz CT molecular complexity index is 1560. The second-order valence-electron chi connectivity index (χ2n) is 8.90. The number of hydrogen-bond acceptors (Lipinski definition) is 8. The van der Waals surface area contributed by atoms with Crippen molar-refractivity contribution in [3.8, 4) is 23.5 Å². The zero-order valence-corrected chi connectivity index (χ0v) is 21.0. The van der Waals surface area contributed by atoms with Gasteiger partial charge >= 0.3 is 0 Å². The van der Waals surface area contributed by atoms with Crippen molar-refractivity contribution in [3.05, 3.63) is 66.5 Å². The molecule has 1 fully saturated rings. The van der Waals surface area contributed by atoms with E-state index in [0.29, 0.717) is 17.2 Å². The third-order valence-corrected chi connectivity index (χ3v) is 7.23. The highest BCUT2D eigenvalue weighted by molar-refractivity contribution is 7.89. The molecule has 9 nitrogen and oxygen atoms in total. The number of nitrogens with zero attached hydrogens (tertiary/aromatic N) is 4. The van der Waals surface area contributed by atoms with Gasteiger partial charge in [-0.15, -0.1) is 6.42 Å². The molecular weight excluding hydrogens is 486 g/mol. The van der Waals surface area contributed by atoms with E-state index in [1.54, 1.807) is 18.3 Å². The van der Waals surface area contributed by atoms with Gasteiger partial charge in [-0.3, -0.25) is 0 Å². The highest BCUT2D eigenvalue weighted by atomic mass is 32.2. The Labute approximate surface area is 216 Å². The van der Waals surface area contributed by atoms with Gasteiger partial charge in [0, 0.05) is 53.2 Å². The molecule has 0 saturated carbocycles. The van der Waals surface area contributed by atoms with E-state index in [2.05, 4.69) is 31.4 Å². The molecule has 1 saturated heterocycles. The van der Waals surface area contributed by atoms with Gasteiger partial charge in [-0.2, -0.15) is 0 Å². The van der Waals surface area contributed by atoms with Crippen LogP contribution in [0.4, 0.5) is 17.5 Å². The van der Waals surface area contributed by atoms with Crippen molar-refractivity contribution in [3.63, 3.8) is 0 Å². The largest absolute Gasteiger partial charge is 0.369 e. The molecule has 37 heavy (non-hydrogen) atoms. The molecule has 0 spiro atoms. The first-order valence-corrected chi connectivity index (χ1v) is 13.5. The van der Waals surface area contributed by atoms with Crippen LogP contribution in [-0.4, -0.2) is 54.4 Å². The maximum atomic E-state index is 11.5. The molecule has 4 aromatic rings. The molecular formula is C27H27N7O2S. The van der Waals surface area contributed by atoms with Crippen molar-refractivity contribution in [2.75, 3.05) is 36.8 Å². The predicted molar refractivity (Wildman–Crippen MR) is 146 cm³/mol. The number of terminal acetylenes is 1. The van der Waals surface area contributed by atoms with Crippen LogP contribution in [-0.2, 0) is 10.0 Å². The Hall–Kier alpha value is -4.04. The summed E-state index contributed by atoms with van der Waals surface area (Å²) >= 11 is 0. The number of likely N-dealkylation sites (tertiary alicyclic amines) is 1. The van der Waals surface area contributed by atoms with Crippen molar-refractivity contribution < 1.29 is 8.42 Å². The van der Waals surface area contributed by atoms with E-state index in [9.17, 15) is 8.42 Å². The number of nitrogens with one attached hydrogen (secondary N) is 2. The molecule has 0 aliphatic carbocycles. The fourth-order valence-electron chi connectivity index (χ4n) is 4.37. The van der Waals surface area contributed by atoms with E-state index in [4.69, 9.17) is 16.5 Å². The van der Waals surface area contributed by atoms with Gasteiger partial charge in [-0.05, 0) is 74.5 Å². The van der Waals surface area contributed by atoms with Gasteiger partial charge in [0.05, 0.1) is 10.4 Å². The van der Waals surface area contributed by atoms with Crippen LogP contribution in [0.2, 0.25) is 0 Å². The van der Waals surface area contributed by atoms with Crippen LogP contribution < -0.4 is 15.8 Å². The lowest BCUT2D eigenvalue weighted by molar-refractivity contribution is 0.352. The first kappa shape index (κ1) is 24.6. The first-order valence-electron chi connectivity index (χ1n) is 12.0. The van der Waals surface area contributed by atoms with Crippen molar-refractivity contribution in [1.29, 1.82) is 0 Å². The summed E-state index contributed by atoms with van der Waals surface area (Å²) in [5.41, 5.74) is 3.79. The number of aromatic nitrogens is 3. The average molecular weight is 514 g/mol. The predicted octanol–water partition coefficient (Wildman–Crippen LogP) is 3.57. The normalized spacial score (nSPS) is 13.9. The van der Waals surface area contributed by atoms with Crippen molar-refractivity contribution in [2.45, 2.75) is 17.7 Å². The number of sulfonamides is 1. The van der Waals surface area contributed by atoms with E-state index < -0.39 is 10.0 Å². The Kier molecular flexibility index (Phi) is 7.01. The minimum atomic E-state index is -3.76. The summed E-state index contributed by atoms with van der Waals surface area (Å²) in [6, 6.07) is 13.8. The Morgan fingerprint density at radius 2 is 1.81 bits per heavy atom. The molecule has 0 radical (unpaired) electrons. The van der Waals surface area contributed by atoms with E-state index in [1.807, 2.05) is 30.5 Å². The van der Waals surface area contributed by atoms with Crippen LogP contribution in [0.15, 0.2) is 65.8 Å². The van der Waals surface area contributed by atoms with E-state index >= 15 is 0 Å². The molecule has 0 amide bonds. The Morgan fingerprint density at radius 3 is 2.49 bits per heavy atom. The SMILES string of the molecule is C#Cc1cc(-c2ccc(NCCN3CCCC3)nc2)c2nc(Nc3ccc(S(N)(=O)=O)cc3)ncc2c1. The first-order chi connectivity index (χ1) is 17.9. The van der Waals surface area contributed by atoms with Crippen LogP contribution in [0.3, 0.4) is 0 Å². The average Bonchev–Trinajstić information content (AvgIpc) is 3.42. The summed E-state index contributed by atoms with van der Waals surface area (Å²) in [4.78, 5) is 16.2. The van der Waals surface area contributed by atoms with Gasteiger partial charge < -0.3 is 15.5 Å². The highest BCUT2D eigenvalue weighted by Crippen LogP contribution is 2.30. The van der Waals surface area contributed by atoms with Crippen LogP contribution in [0.5, 0.6) is 0 Å². The maximum absolute atomic E-state index is 11.5. The quantitative estimate of drug-likeness (QED) is 0.305. The Morgan fingerprint density at radius 1 is 1.03 bits per heavy atom. The van der Waals surface area contributed by atoms with Gasteiger partial charge in [0.25, 0.3) is 0 Å². The van der Waals surface area contributed by atoms with Crippen molar-refractivity contribution in [2.24, 2.45) is 5.14 Å². The zero-order valence-electron chi connectivity index (χ0n) is 20.2. The highest BCUT2D eigenvalue weighted by Gasteiger charge is 2.13. The number of fused-ring (bicyclic) bond motifs is 1. The minimum absolute atomic E-state index is 0.0306. The second kappa shape index (κ2) is 10.5. The smallest absolute Gasteiger partial charge is 0.238 e. The third kappa shape index (κ3) is 5.86. The molecule has 2 aromatic carbocycles. The van der Waals surface area contributed by atoms with Crippen molar-refractivity contribution >= 4 is 38.4 Å². The van der Waals surface area contributed by atoms with Crippen LogP contribution in [0.1, 0.15) is 18.4 Å². The summed E-state index contributed by atoms with van der Waals surface area (Å²) in [6.07, 6.45) is 11.8. The number of benzene rings is 2. The standard InChI is InChI=1S/C27H27N7O2S/c1-2-19-15-21-18-31-27(32-22-6-8-23(9-7-22)37(28,35)36)33-26(21)24(16-19)20-5-10-25(30-17-20)29-11-14-34-12-3-4-13-34/h1,5-10,15-18H,3-4,11-14H2,(H,29,30)(H2,28,35,36)(H,31,32,33). The topological polar surface area (TPSA) is 126 Å². The fourth-order valence-corrected chi connectivity index (χ4v) is 4.89. The molecule has 5 rings (SSSR count). The molecule has 188 valence electrons. The lowest BCUT2D eigenvalue weighted by atomic mass is 10.0. The minimum Gasteiger partial charge on any atom is -0.369 e. The molecule has 4 N–H and O–H groups in total. The molecule has 10 heteroatoms. The molecule has 1 aliphatic rings. The summed E-state index contributed by atoms with van der Waals surface area (Å²) in [7, 11) is -3.76. The van der Waals surface area contributed by atoms with Gasteiger partial charge in [0.15, 0.2) is 0 Å². The van der Waals surface area contributed by atoms with E-state index in [0.717, 1.165) is 41.0 Å². The number of primary sulfonamides is 1. The summed E-state index contributed by atoms with van der Waals surface area (Å²) < 4.78 is 23.0. The summed E-state index contributed by atoms with van der Waals surface area (Å²) in [5, 5.41) is 12.5. The number of pyridine rings is 1. The third-order valence-electron chi connectivity index (χ3n) is 6.30. The molecule has 0 unspecified atom stereocenters. The van der Waals surface area contributed by atoms with E-state index in [1.165, 1.54) is 38.1 Å². The van der Waals surface area contributed by atoms with Gasteiger partial charge in [-0.25, -0.2) is 28.5 Å². The molecule has 1 aliphatic heterocycles. The lowest BCUT2D eigenvalue weighted by Gasteiger charge is -2.15. The fraction of sp³-hybridized carbons (Fsp3) is 0.222. The van der Waals surface area contributed by atoms with Crippen molar-refractivity contribution in [1.82, 2.24) is 19.9 Å². The molecule has 0 bridgehead atoms. The van der Waals surface area contributed by atoms with Crippen LogP contribution in [0, 0.1) is 12.3 Å². The monoisotopic (exact) mass is 513 g/mol. The summed E-state index contributed by atoms with van der Waals surface area (Å²) in [6.45, 7) is 4.20. The summed E-state index contributed by atoms with van der Waals surface area (Å²) in [5.74, 6) is 3.88. The van der Waals surface area contributed by atoms with Crippen LogP contribution in [0.25, 0.3) is 22.0 Å². The van der Waals surface area contributed by atoms with Gasteiger partial charge in [0.1, 0.15) is 5.82 Å². The van der Waals surface area contributed by atoms with Crippen LogP contribution >= 0.6 is 0 Å². The molecule has 0 atom stereocenters. The number of hydrogen-bond donors (Lipinski definition) is 3. The zero-order chi connectivity index (χ0) is 25.8. The van der Waals surface area contributed by atoms with Gasteiger partial charge in [-0.1, -0.05) is 5.92 Å². The molecule has 2 aromatic heterocycles. The number of nitrogens with two attached hydrogens (primary N) is 1. The Balaban J connectivity index is 1.39. The maximum Gasteiger partial charge on any atom is 0.238 e. The van der Waals surface area contributed by atoms with Gasteiger partial charge in [0.2, 0.25) is 16.0 Å².